The molecule has 0 saturated carbocycles. The van der Waals surface area contributed by atoms with Crippen LogP contribution in [-0.2, 0) is 0 Å². The number of ether oxygens (including phenoxy) is 1. The van der Waals surface area contributed by atoms with Crippen LogP contribution in [-0.4, -0.2) is 44.5 Å². The van der Waals surface area contributed by atoms with Crippen LogP contribution in [0.3, 0.4) is 0 Å². The van der Waals surface area contributed by atoms with Crippen molar-refractivity contribution >= 4 is 5.69 Å². The van der Waals surface area contributed by atoms with Gasteiger partial charge in [-0.15, -0.1) is 0 Å². The fourth-order valence-electron chi connectivity index (χ4n) is 1.69. The van der Waals surface area contributed by atoms with Crippen LogP contribution < -0.4 is 15.0 Å². The monoisotopic (exact) mass is 252 g/mol. The van der Waals surface area contributed by atoms with Crippen LogP contribution in [0.4, 0.5) is 5.69 Å². The highest BCUT2D eigenvalue weighted by atomic mass is 16.5. The molecule has 0 heterocycles. The Kier molecular flexibility index (Phi) is 5.95. The third-order valence-electron chi connectivity index (χ3n) is 2.76. The zero-order chi connectivity index (χ0) is 13.5. The van der Waals surface area contributed by atoms with Gasteiger partial charge in [0.05, 0.1) is 13.2 Å². The fourth-order valence-corrected chi connectivity index (χ4v) is 1.69. The Morgan fingerprint density at radius 1 is 1.28 bits per heavy atom. The maximum absolute atomic E-state index is 9.90. The van der Waals surface area contributed by atoms with E-state index >= 15 is 0 Å². The molecule has 0 amide bonds. The van der Waals surface area contributed by atoms with Crippen LogP contribution in [0.2, 0.25) is 0 Å². The van der Waals surface area contributed by atoms with Gasteiger partial charge in [-0.3, -0.25) is 0 Å². The molecule has 0 spiro atoms. The second-order valence-corrected chi connectivity index (χ2v) is 4.80. The van der Waals surface area contributed by atoms with Gasteiger partial charge in [0, 0.05) is 31.9 Å². The molecule has 0 saturated heterocycles. The lowest BCUT2D eigenvalue weighted by atomic mass is 10.2. The fraction of sp³-hybridized carbons (Fsp3) is 0.571. The molecule has 0 aliphatic heterocycles. The van der Waals surface area contributed by atoms with Crippen molar-refractivity contribution < 1.29 is 9.84 Å². The van der Waals surface area contributed by atoms with Gasteiger partial charge in [-0.25, -0.2) is 0 Å². The molecule has 4 heteroatoms. The number of benzene rings is 1. The average Bonchev–Trinajstić information content (AvgIpc) is 2.36. The largest absolute Gasteiger partial charge is 0.497 e. The number of methoxy groups -OCH3 is 1. The van der Waals surface area contributed by atoms with Gasteiger partial charge in [0.1, 0.15) is 5.75 Å². The highest BCUT2D eigenvalue weighted by molar-refractivity contribution is 5.48. The SMILES string of the molecule is COc1ccc(N(C)CC(O)CNC(C)C)cc1. The minimum absolute atomic E-state index is 0.375. The number of hydrogen-bond acceptors (Lipinski definition) is 4. The maximum atomic E-state index is 9.90. The summed E-state index contributed by atoms with van der Waals surface area (Å²) in [6, 6.07) is 8.21. The normalized spacial score (nSPS) is 12.6. The molecule has 2 N–H and O–H groups in total. The van der Waals surface area contributed by atoms with Crippen LogP contribution >= 0.6 is 0 Å². The second kappa shape index (κ2) is 7.24. The van der Waals surface area contributed by atoms with E-state index < -0.39 is 0 Å². The first kappa shape index (κ1) is 14.8. The van der Waals surface area contributed by atoms with Gasteiger partial charge in [-0.1, -0.05) is 13.8 Å². The van der Waals surface area contributed by atoms with Crippen molar-refractivity contribution in [3.63, 3.8) is 0 Å². The summed E-state index contributed by atoms with van der Waals surface area (Å²) in [4.78, 5) is 2.03. The molecule has 1 aromatic carbocycles. The summed E-state index contributed by atoms with van der Waals surface area (Å²) in [7, 11) is 3.63. The van der Waals surface area contributed by atoms with Crippen molar-refractivity contribution in [2.24, 2.45) is 0 Å². The van der Waals surface area contributed by atoms with Crippen LogP contribution in [0.15, 0.2) is 24.3 Å². The lowest BCUT2D eigenvalue weighted by molar-refractivity contribution is 0.175. The van der Waals surface area contributed by atoms with Crippen LogP contribution in [0.5, 0.6) is 5.75 Å². The Balaban J connectivity index is 2.45. The lowest BCUT2D eigenvalue weighted by Crippen LogP contribution is -2.38. The van der Waals surface area contributed by atoms with Gasteiger partial charge in [-0.2, -0.15) is 0 Å². The quantitative estimate of drug-likeness (QED) is 0.772. The Labute approximate surface area is 110 Å². The van der Waals surface area contributed by atoms with Crippen molar-refractivity contribution in [1.29, 1.82) is 0 Å². The Morgan fingerprint density at radius 2 is 1.89 bits per heavy atom. The summed E-state index contributed by atoms with van der Waals surface area (Å²) in [5, 5.41) is 13.1. The molecule has 18 heavy (non-hydrogen) atoms. The Bertz CT molecular complexity index is 338. The van der Waals surface area contributed by atoms with Crippen LogP contribution in [0.25, 0.3) is 0 Å². The lowest BCUT2D eigenvalue weighted by Gasteiger charge is -2.23. The molecule has 1 aromatic rings. The number of aliphatic hydroxyl groups is 1. The van der Waals surface area contributed by atoms with E-state index in [-0.39, 0.29) is 6.10 Å². The zero-order valence-electron chi connectivity index (χ0n) is 11.7. The molecule has 102 valence electrons. The van der Waals surface area contributed by atoms with Crippen LogP contribution in [0, 0.1) is 0 Å². The summed E-state index contributed by atoms with van der Waals surface area (Å²) >= 11 is 0. The molecule has 0 radical (unpaired) electrons. The number of nitrogens with zero attached hydrogens (tertiary/aromatic N) is 1. The predicted octanol–water partition coefficient (Wildman–Crippen LogP) is 1.49. The molecule has 0 aromatic heterocycles. The minimum atomic E-state index is -0.375. The molecule has 0 bridgehead atoms. The van der Waals surface area contributed by atoms with E-state index in [9.17, 15) is 5.11 Å². The van der Waals surface area contributed by atoms with E-state index in [0.29, 0.717) is 19.1 Å². The Hall–Kier alpha value is -1.26. The van der Waals surface area contributed by atoms with Gasteiger partial charge in [0.2, 0.25) is 0 Å². The molecular weight excluding hydrogens is 228 g/mol. The summed E-state index contributed by atoms with van der Waals surface area (Å²) in [5.41, 5.74) is 1.07. The molecule has 0 aliphatic rings. The van der Waals surface area contributed by atoms with Gasteiger partial charge in [0.15, 0.2) is 0 Å². The number of aliphatic hydroxyl groups excluding tert-OH is 1. The third-order valence-corrected chi connectivity index (χ3v) is 2.76. The van der Waals surface area contributed by atoms with Gasteiger partial charge in [-0.05, 0) is 24.3 Å². The molecular formula is C14H24N2O2. The number of anilines is 1. The second-order valence-electron chi connectivity index (χ2n) is 4.80. The first-order valence-corrected chi connectivity index (χ1v) is 6.29. The maximum Gasteiger partial charge on any atom is 0.119 e. The number of hydrogen-bond donors (Lipinski definition) is 2. The van der Waals surface area contributed by atoms with Crippen molar-refractivity contribution in [3.8, 4) is 5.75 Å². The van der Waals surface area contributed by atoms with Crippen molar-refractivity contribution in [1.82, 2.24) is 5.32 Å². The molecule has 0 fully saturated rings. The van der Waals surface area contributed by atoms with E-state index in [1.165, 1.54) is 0 Å². The standard InChI is InChI=1S/C14H24N2O2/c1-11(2)15-9-13(17)10-16(3)12-5-7-14(18-4)8-6-12/h5-8,11,13,15,17H,9-10H2,1-4H3. The highest BCUT2D eigenvalue weighted by Gasteiger charge is 2.09. The summed E-state index contributed by atoms with van der Waals surface area (Å²) < 4.78 is 5.12. The number of nitrogens with one attached hydrogen (secondary N) is 1. The zero-order valence-corrected chi connectivity index (χ0v) is 11.7. The van der Waals surface area contributed by atoms with Gasteiger partial charge >= 0.3 is 0 Å². The van der Waals surface area contributed by atoms with E-state index in [1.54, 1.807) is 7.11 Å². The van der Waals surface area contributed by atoms with Crippen molar-refractivity contribution in [2.75, 3.05) is 32.1 Å². The Morgan fingerprint density at radius 3 is 2.39 bits per heavy atom. The highest BCUT2D eigenvalue weighted by Crippen LogP contribution is 2.18. The number of likely N-dealkylation sites (N-methyl/N-ethyl adjacent to an activating group) is 1. The summed E-state index contributed by atoms with van der Waals surface area (Å²) in [5.74, 6) is 0.842. The van der Waals surface area contributed by atoms with Gasteiger partial charge < -0.3 is 20.1 Å². The molecule has 1 unspecified atom stereocenters. The van der Waals surface area contributed by atoms with E-state index in [1.807, 2.05) is 36.2 Å². The van der Waals surface area contributed by atoms with Crippen molar-refractivity contribution in [3.05, 3.63) is 24.3 Å². The molecule has 4 nitrogen and oxygen atoms in total. The average molecular weight is 252 g/mol. The summed E-state index contributed by atoms with van der Waals surface area (Å²) in [6.07, 6.45) is -0.375. The molecule has 1 rings (SSSR count). The summed E-state index contributed by atoms with van der Waals surface area (Å²) in [6.45, 7) is 5.35. The topological polar surface area (TPSA) is 44.7 Å². The van der Waals surface area contributed by atoms with Gasteiger partial charge in [0.25, 0.3) is 0 Å². The predicted molar refractivity (Wildman–Crippen MR) is 75.4 cm³/mol. The van der Waals surface area contributed by atoms with Crippen molar-refractivity contribution in [2.45, 2.75) is 26.0 Å². The number of rotatable bonds is 7. The van der Waals surface area contributed by atoms with Crippen LogP contribution in [0.1, 0.15) is 13.8 Å². The molecule has 1 atom stereocenters. The molecule has 0 aliphatic carbocycles. The minimum Gasteiger partial charge on any atom is -0.497 e. The van der Waals surface area contributed by atoms with E-state index in [2.05, 4.69) is 19.2 Å². The smallest absolute Gasteiger partial charge is 0.119 e. The third kappa shape index (κ3) is 4.94. The van der Waals surface area contributed by atoms with E-state index in [0.717, 1.165) is 11.4 Å². The van der Waals surface area contributed by atoms with E-state index in [4.69, 9.17) is 4.74 Å². The first-order chi connectivity index (χ1) is 8.52. The first-order valence-electron chi connectivity index (χ1n) is 6.29.